The van der Waals surface area contributed by atoms with Gasteiger partial charge < -0.3 is 5.11 Å². The summed E-state index contributed by atoms with van der Waals surface area (Å²) >= 11 is 0. The average molecular weight is 251 g/mol. The standard InChI is InChI=1S/C15H13N3O/c1-10-6-8-11(9-7-10)14-16-15(18-17-14)12-4-2-3-5-13(12)19/h2-9,19H,1H3,(H,16,17,18). The third-order valence-corrected chi connectivity index (χ3v) is 2.95. The smallest absolute Gasteiger partial charge is 0.181 e. The Bertz CT molecular complexity index is 701. The summed E-state index contributed by atoms with van der Waals surface area (Å²) in [5.41, 5.74) is 2.79. The second-order valence-corrected chi connectivity index (χ2v) is 4.39. The number of hydrogen-bond donors (Lipinski definition) is 2. The Morgan fingerprint density at radius 2 is 1.74 bits per heavy atom. The molecule has 0 aliphatic rings. The molecule has 19 heavy (non-hydrogen) atoms. The van der Waals surface area contributed by atoms with Crippen molar-refractivity contribution in [3.8, 4) is 28.5 Å². The Labute approximate surface area is 110 Å². The first-order valence-corrected chi connectivity index (χ1v) is 6.02. The molecule has 94 valence electrons. The number of nitrogens with zero attached hydrogens (tertiary/aromatic N) is 2. The van der Waals surface area contributed by atoms with Crippen LogP contribution in [0.25, 0.3) is 22.8 Å². The minimum absolute atomic E-state index is 0.189. The van der Waals surface area contributed by atoms with Crippen molar-refractivity contribution in [1.29, 1.82) is 0 Å². The van der Waals surface area contributed by atoms with Crippen molar-refractivity contribution in [1.82, 2.24) is 15.2 Å². The maximum absolute atomic E-state index is 9.79. The molecule has 0 saturated carbocycles. The summed E-state index contributed by atoms with van der Waals surface area (Å²) in [7, 11) is 0. The molecule has 0 spiro atoms. The molecule has 0 aliphatic carbocycles. The largest absolute Gasteiger partial charge is 0.507 e. The lowest BCUT2D eigenvalue weighted by Crippen LogP contribution is -1.82. The van der Waals surface area contributed by atoms with Crippen LogP contribution < -0.4 is 0 Å². The number of rotatable bonds is 2. The van der Waals surface area contributed by atoms with Crippen molar-refractivity contribution >= 4 is 0 Å². The first-order valence-electron chi connectivity index (χ1n) is 6.02. The third-order valence-electron chi connectivity index (χ3n) is 2.95. The van der Waals surface area contributed by atoms with E-state index in [-0.39, 0.29) is 5.75 Å². The van der Waals surface area contributed by atoms with Gasteiger partial charge in [0, 0.05) is 5.56 Å². The van der Waals surface area contributed by atoms with E-state index in [1.54, 1.807) is 18.2 Å². The second kappa shape index (κ2) is 4.57. The SMILES string of the molecule is Cc1ccc(-c2n[nH]c(-c3ccccc3O)n2)cc1. The monoisotopic (exact) mass is 251 g/mol. The van der Waals surface area contributed by atoms with Crippen LogP contribution in [0.3, 0.4) is 0 Å². The van der Waals surface area contributed by atoms with Gasteiger partial charge in [0.15, 0.2) is 11.6 Å². The summed E-state index contributed by atoms with van der Waals surface area (Å²) in [6, 6.07) is 15.0. The molecule has 0 saturated heterocycles. The van der Waals surface area contributed by atoms with Gasteiger partial charge in [0.05, 0.1) is 5.56 Å². The molecule has 4 nitrogen and oxygen atoms in total. The highest BCUT2D eigenvalue weighted by Gasteiger charge is 2.10. The molecule has 0 aliphatic heterocycles. The number of phenolic OH excluding ortho intramolecular Hbond substituents is 1. The zero-order valence-electron chi connectivity index (χ0n) is 10.5. The molecule has 0 amide bonds. The van der Waals surface area contributed by atoms with E-state index < -0.39 is 0 Å². The molecule has 0 bridgehead atoms. The predicted molar refractivity (Wildman–Crippen MR) is 73.7 cm³/mol. The molecule has 0 atom stereocenters. The molecule has 0 unspecified atom stereocenters. The van der Waals surface area contributed by atoms with Gasteiger partial charge >= 0.3 is 0 Å². The molecular weight excluding hydrogens is 238 g/mol. The van der Waals surface area contributed by atoms with Crippen molar-refractivity contribution in [2.75, 3.05) is 0 Å². The van der Waals surface area contributed by atoms with Crippen LogP contribution in [-0.2, 0) is 0 Å². The number of aromatic amines is 1. The van der Waals surface area contributed by atoms with E-state index in [9.17, 15) is 5.11 Å². The van der Waals surface area contributed by atoms with Crippen molar-refractivity contribution in [3.05, 3.63) is 54.1 Å². The lowest BCUT2D eigenvalue weighted by Gasteiger charge is -1.98. The van der Waals surface area contributed by atoms with Crippen LogP contribution in [0.4, 0.5) is 0 Å². The minimum atomic E-state index is 0.189. The highest BCUT2D eigenvalue weighted by molar-refractivity contribution is 5.66. The van der Waals surface area contributed by atoms with Gasteiger partial charge in [-0.2, -0.15) is 5.10 Å². The number of H-pyrrole nitrogens is 1. The molecule has 2 N–H and O–H groups in total. The van der Waals surface area contributed by atoms with Gasteiger partial charge in [0.2, 0.25) is 0 Å². The Hall–Kier alpha value is -2.62. The van der Waals surface area contributed by atoms with Gasteiger partial charge in [0.1, 0.15) is 5.75 Å². The van der Waals surface area contributed by atoms with E-state index in [1.165, 1.54) is 5.56 Å². The van der Waals surface area contributed by atoms with Crippen molar-refractivity contribution < 1.29 is 5.11 Å². The predicted octanol–water partition coefficient (Wildman–Crippen LogP) is 3.15. The van der Waals surface area contributed by atoms with Crippen LogP contribution in [0.1, 0.15) is 5.56 Å². The summed E-state index contributed by atoms with van der Waals surface area (Å²) in [4.78, 5) is 4.41. The van der Waals surface area contributed by atoms with E-state index in [0.717, 1.165) is 5.56 Å². The van der Waals surface area contributed by atoms with Gasteiger partial charge in [-0.3, -0.25) is 5.10 Å². The number of phenols is 1. The number of aromatic hydroxyl groups is 1. The number of nitrogens with one attached hydrogen (secondary N) is 1. The summed E-state index contributed by atoms with van der Waals surface area (Å²) in [5.74, 6) is 1.38. The topological polar surface area (TPSA) is 61.8 Å². The summed E-state index contributed by atoms with van der Waals surface area (Å²) in [5, 5.41) is 16.8. The number of aromatic nitrogens is 3. The number of benzene rings is 2. The molecule has 1 aromatic heterocycles. The van der Waals surface area contributed by atoms with Crippen molar-refractivity contribution in [2.45, 2.75) is 6.92 Å². The van der Waals surface area contributed by atoms with E-state index in [1.807, 2.05) is 37.3 Å². The molecule has 3 rings (SSSR count). The third kappa shape index (κ3) is 2.20. The summed E-state index contributed by atoms with van der Waals surface area (Å²) < 4.78 is 0. The summed E-state index contributed by atoms with van der Waals surface area (Å²) in [6.45, 7) is 2.04. The van der Waals surface area contributed by atoms with Crippen LogP contribution in [0.15, 0.2) is 48.5 Å². The fourth-order valence-corrected chi connectivity index (χ4v) is 1.89. The lowest BCUT2D eigenvalue weighted by atomic mass is 10.1. The second-order valence-electron chi connectivity index (χ2n) is 4.39. The van der Waals surface area contributed by atoms with Gasteiger partial charge in [-0.25, -0.2) is 4.98 Å². The van der Waals surface area contributed by atoms with E-state index in [4.69, 9.17) is 0 Å². The van der Waals surface area contributed by atoms with Crippen LogP contribution in [0, 0.1) is 6.92 Å². The molecule has 1 heterocycles. The van der Waals surface area contributed by atoms with Gasteiger partial charge in [0.25, 0.3) is 0 Å². The first kappa shape index (κ1) is 11.5. The fourth-order valence-electron chi connectivity index (χ4n) is 1.89. The van der Waals surface area contributed by atoms with E-state index in [0.29, 0.717) is 17.2 Å². The first-order chi connectivity index (χ1) is 9.24. The maximum atomic E-state index is 9.79. The highest BCUT2D eigenvalue weighted by Crippen LogP contribution is 2.27. The van der Waals surface area contributed by atoms with Crippen LogP contribution in [-0.4, -0.2) is 20.3 Å². The van der Waals surface area contributed by atoms with Crippen molar-refractivity contribution in [3.63, 3.8) is 0 Å². The Balaban J connectivity index is 2.00. The number of aryl methyl sites for hydroxylation is 1. The number of hydrogen-bond acceptors (Lipinski definition) is 3. The zero-order valence-corrected chi connectivity index (χ0v) is 10.5. The quantitative estimate of drug-likeness (QED) is 0.735. The highest BCUT2D eigenvalue weighted by atomic mass is 16.3. The van der Waals surface area contributed by atoms with E-state index in [2.05, 4.69) is 15.2 Å². The molecule has 2 aromatic carbocycles. The van der Waals surface area contributed by atoms with E-state index >= 15 is 0 Å². The Kier molecular flexibility index (Phi) is 2.76. The zero-order chi connectivity index (χ0) is 13.2. The lowest BCUT2D eigenvalue weighted by molar-refractivity contribution is 0.477. The summed E-state index contributed by atoms with van der Waals surface area (Å²) in [6.07, 6.45) is 0. The van der Waals surface area contributed by atoms with Gasteiger partial charge in [-0.1, -0.05) is 42.0 Å². The van der Waals surface area contributed by atoms with Crippen LogP contribution in [0.2, 0.25) is 0 Å². The fraction of sp³-hybridized carbons (Fsp3) is 0.0667. The molecule has 4 heteroatoms. The normalized spacial score (nSPS) is 10.6. The molecule has 0 fully saturated rings. The maximum Gasteiger partial charge on any atom is 0.181 e. The minimum Gasteiger partial charge on any atom is -0.507 e. The molecular formula is C15H13N3O. The Morgan fingerprint density at radius 3 is 2.47 bits per heavy atom. The Morgan fingerprint density at radius 1 is 1.00 bits per heavy atom. The molecule has 0 radical (unpaired) electrons. The average Bonchev–Trinajstić information content (AvgIpc) is 2.89. The number of para-hydroxylation sites is 1. The van der Waals surface area contributed by atoms with Crippen LogP contribution in [0.5, 0.6) is 5.75 Å². The molecule has 3 aromatic rings. The van der Waals surface area contributed by atoms with Crippen LogP contribution >= 0.6 is 0 Å². The van der Waals surface area contributed by atoms with Gasteiger partial charge in [-0.15, -0.1) is 0 Å². The van der Waals surface area contributed by atoms with Gasteiger partial charge in [-0.05, 0) is 19.1 Å². The van der Waals surface area contributed by atoms with Crippen molar-refractivity contribution in [2.24, 2.45) is 0 Å².